The molecule has 0 unspecified atom stereocenters. The van der Waals surface area contributed by atoms with Crippen LogP contribution in [-0.4, -0.2) is 28.4 Å². The zero-order valence-electron chi connectivity index (χ0n) is 10.7. The molecule has 0 radical (unpaired) electrons. The number of carbonyl (C=O) groups is 1. The van der Waals surface area contributed by atoms with Gasteiger partial charge in [-0.25, -0.2) is 4.79 Å². The molecule has 2 aromatic rings. The molecule has 1 aromatic heterocycles. The van der Waals surface area contributed by atoms with Gasteiger partial charge in [-0.2, -0.15) is 0 Å². The summed E-state index contributed by atoms with van der Waals surface area (Å²) in [6.07, 6.45) is -0.00815. The minimum Gasteiger partial charge on any atom is -0.476 e. The van der Waals surface area contributed by atoms with Crippen molar-refractivity contribution in [3.63, 3.8) is 0 Å². The van der Waals surface area contributed by atoms with Gasteiger partial charge >= 0.3 is 5.97 Å². The Kier molecular flexibility index (Phi) is 3.87. The fourth-order valence-corrected chi connectivity index (χ4v) is 1.69. The van der Waals surface area contributed by atoms with E-state index < -0.39 is 5.97 Å². The van der Waals surface area contributed by atoms with Crippen LogP contribution in [0.25, 0.3) is 11.3 Å². The molecule has 1 heterocycles. The van der Waals surface area contributed by atoms with Gasteiger partial charge in [-0.05, 0) is 30.7 Å². The number of methoxy groups -OCH3 is 1. The van der Waals surface area contributed by atoms with Crippen LogP contribution >= 0.6 is 0 Å². The van der Waals surface area contributed by atoms with Crippen molar-refractivity contribution >= 4 is 5.97 Å². The number of hydrogen-bond acceptors (Lipinski definition) is 4. The lowest BCUT2D eigenvalue weighted by molar-refractivity contribution is 0.0689. The highest BCUT2D eigenvalue weighted by molar-refractivity contribution is 5.85. The summed E-state index contributed by atoms with van der Waals surface area (Å²) in [5.41, 5.74) is 2.48. The number of benzene rings is 1. The molecule has 0 fully saturated rings. The zero-order chi connectivity index (χ0) is 13.8. The normalized spacial score (nSPS) is 12.1. The molecular formula is C14H14N2O3. The Morgan fingerprint density at radius 1 is 1.26 bits per heavy atom. The monoisotopic (exact) mass is 258 g/mol. The third-order valence-corrected chi connectivity index (χ3v) is 2.89. The van der Waals surface area contributed by atoms with Crippen molar-refractivity contribution in [1.82, 2.24) is 10.2 Å². The Balaban J connectivity index is 2.33. The van der Waals surface area contributed by atoms with Crippen LogP contribution in [-0.2, 0) is 4.74 Å². The predicted octanol–water partition coefficient (Wildman–Crippen LogP) is 2.55. The Morgan fingerprint density at radius 2 is 2.05 bits per heavy atom. The van der Waals surface area contributed by atoms with Gasteiger partial charge in [0.1, 0.15) is 0 Å². The lowest BCUT2D eigenvalue weighted by Crippen LogP contribution is -2.02. The maximum atomic E-state index is 10.7. The minimum atomic E-state index is -1.08. The third kappa shape index (κ3) is 2.95. The highest BCUT2D eigenvalue weighted by Crippen LogP contribution is 2.22. The van der Waals surface area contributed by atoms with Gasteiger partial charge in [0, 0.05) is 12.7 Å². The number of hydrogen-bond donors (Lipinski definition) is 1. The van der Waals surface area contributed by atoms with Gasteiger partial charge < -0.3 is 9.84 Å². The van der Waals surface area contributed by atoms with E-state index in [-0.39, 0.29) is 11.8 Å². The average molecular weight is 258 g/mol. The van der Waals surface area contributed by atoms with Crippen LogP contribution in [0.5, 0.6) is 0 Å². The highest BCUT2D eigenvalue weighted by Gasteiger charge is 2.08. The number of carboxylic acids is 1. The highest BCUT2D eigenvalue weighted by atomic mass is 16.5. The topological polar surface area (TPSA) is 72.3 Å². The molecule has 2 rings (SSSR count). The number of ether oxygens (including phenoxy) is 1. The van der Waals surface area contributed by atoms with E-state index >= 15 is 0 Å². The second kappa shape index (κ2) is 5.58. The molecule has 1 atom stereocenters. The van der Waals surface area contributed by atoms with Crippen molar-refractivity contribution in [1.29, 1.82) is 0 Å². The molecule has 5 nitrogen and oxygen atoms in total. The smallest absolute Gasteiger partial charge is 0.356 e. The SMILES string of the molecule is CO[C@H](C)c1cccc(-c2ccc(C(=O)O)nn2)c1. The van der Waals surface area contributed by atoms with Gasteiger partial charge in [-0.1, -0.05) is 18.2 Å². The molecule has 0 aliphatic carbocycles. The van der Waals surface area contributed by atoms with E-state index in [2.05, 4.69) is 10.2 Å². The number of rotatable bonds is 4. The summed E-state index contributed by atoms with van der Waals surface area (Å²) in [6, 6.07) is 10.8. The lowest BCUT2D eigenvalue weighted by atomic mass is 10.0. The van der Waals surface area contributed by atoms with E-state index in [0.29, 0.717) is 5.69 Å². The molecule has 0 amide bonds. The van der Waals surface area contributed by atoms with Crippen LogP contribution in [0.2, 0.25) is 0 Å². The summed E-state index contributed by atoms with van der Waals surface area (Å²) in [4.78, 5) is 10.7. The van der Waals surface area contributed by atoms with Crippen molar-refractivity contribution < 1.29 is 14.6 Å². The van der Waals surface area contributed by atoms with E-state index in [1.165, 1.54) is 6.07 Å². The van der Waals surface area contributed by atoms with E-state index in [1.807, 2.05) is 31.2 Å². The van der Waals surface area contributed by atoms with E-state index in [4.69, 9.17) is 9.84 Å². The number of aromatic nitrogens is 2. The molecule has 19 heavy (non-hydrogen) atoms. The number of nitrogens with zero attached hydrogens (tertiary/aromatic N) is 2. The maximum Gasteiger partial charge on any atom is 0.356 e. The number of aromatic carboxylic acids is 1. The summed E-state index contributed by atoms with van der Waals surface area (Å²) in [7, 11) is 1.65. The summed E-state index contributed by atoms with van der Waals surface area (Å²) in [5.74, 6) is -1.08. The quantitative estimate of drug-likeness (QED) is 0.912. The van der Waals surface area contributed by atoms with Crippen LogP contribution in [0.3, 0.4) is 0 Å². The van der Waals surface area contributed by atoms with Crippen LogP contribution in [0.15, 0.2) is 36.4 Å². The Bertz CT molecular complexity index is 581. The number of carboxylic acid groups (broad SMARTS) is 1. The Morgan fingerprint density at radius 3 is 2.63 bits per heavy atom. The summed E-state index contributed by atoms with van der Waals surface area (Å²) in [5, 5.41) is 16.4. The molecule has 0 aliphatic rings. The van der Waals surface area contributed by atoms with Gasteiger partial charge in [0.2, 0.25) is 0 Å². The minimum absolute atomic E-state index is 0.00815. The Labute approximate surface area is 110 Å². The molecule has 5 heteroatoms. The Hall–Kier alpha value is -2.27. The van der Waals surface area contributed by atoms with Crippen LogP contribution in [0.1, 0.15) is 29.1 Å². The van der Waals surface area contributed by atoms with E-state index in [1.54, 1.807) is 13.2 Å². The first-order valence-corrected chi connectivity index (χ1v) is 5.82. The zero-order valence-corrected chi connectivity index (χ0v) is 10.7. The molecule has 0 aliphatic heterocycles. The van der Waals surface area contributed by atoms with Crippen molar-refractivity contribution in [2.24, 2.45) is 0 Å². The first-order valence-electron chi connectivity index (χ1n) is 5.82. The van der Waals surface area contributed by atoms with Crippen molar-refractivity contribution in [3.8, 4) is 11.3 Å². The van der Waals surface area contributed by atoms with E-state index in [9.17, 15) is 4.79 Å². The average Bonchev–Trinajstić information content (AvgIpc) is 2.46. The van der Waals surface area contributed by atoms with Gasteiger partial charge in [-0.15, -0.1) is 10.2 Å². The second-order valence-corrected chi connectivity index (χ2v) is 4.11. The summed E-state index contributed by atoms with van der Waals surface area (Å²) in [6.45, 7) is 1.96. The molecule has 0 bridgehead atoms. The summed E-state index contributed by atoms with van der Waals surface area (Å²) < 4.78 is 5.26. The van der Waals surface area contributed by atoms with Crippen LogP contribution in [0.4, 0.5) is 0 Å². The third-order valence-electron chi connectivity index (χ3n) is 2.89. The fraction of sp³-hybridized carbons (Fsp3) is 0.214. The molecule has 0 saturated carbocycles. The summed E-state index contributed by atoms with van der Waals surface area (Å²) >= 11 is 0. The first kappa shape index (κ1) is 13.2. The fourth-order valence-electron chi connectivity index (χ4n) is 1.69. The van der Waals surface area contributed by atoms with Crippen molar-refractivity contribution in [2.45, 2.75) is 13.0 Å². The van der Waals surface area contributed by atoms with Gasteiger partial charge in [-0.3, -0.25) is 0 Å². The van der Waals surface area contributed by atoms with Crippen LogP contribution < -0.4 is 0 Å². The molecular weight excluding hydrogens is 244 g/mol. The second-order valence-electron chi connectivity index (χ2n) is 4.11. The predicted molar refractivity (Wildman–Crippen MR) is 69.9 cm³/mol. The van der Waals surface area contributed by atoms with Crippen molar-refractivity contribution in [2.75, 3.05) is 7.11 Å². The van der Waals surface area contributed by atoms with E-state index in [0.717, 1.165) is 11.1 Å². The van der Waals surface area contributed by atoms with Gasteiger partial charge in [0.15, 0.2) is 5.69 Å². The standard InChI is InChI=1S/C14H14N2O3/c1-9(19-2)10-4-3-5-11(8-10)12-6-7-13(14(17)18)16-15-12/h3-9H,1-2H3,(H,17,18)/t9-/m1/s1. The van der Waals surface area contributed by atoms with Crippen molar-refractivity contribution in [3.05, 3.63) is 47.7 Å². The maximum absolute atomic E-state index is 10.7. The molecule has 1 aromatic carbocycles. The largest absolute Gasteiger partial charge is 0.476 e. The van der Waals surface area contributed by atoms with Gasteiger partial charge in [0.05, 0.1) is 11.8 Å². The first-order chi connectivity index (χ1) is 9.11. The van der Waals surface area contributed by atoms with Crippen LogP contribution in [0, 0.1) is 0 Å². The molecule has 0 saturated heterocycles. The lowest BCUT2D eigenvalue weighted by Gasteiger charge is -2.10. The molecule has 0 spiro atoms. The molecule has 1 N–H and O–H groups in total. The van der Waals surface area contributed by atoms with Gasteiger partial charge in [0.25, 0.3) is 0 Å². The molecule has 98 valence electrons.